The van der Waals surface area contributed by atoms with E-state index in [2.05, 4.69) is 128 Å². The van der Waals surface area contributed by atoms with Crippen LogP contribution in [0.3, 0.4) is 0 Å². The molecule has 4 aromatic rings. The summed E-state index contributed by atoms with van der Waals surface area (Å²) in [5.74, 6) is 3.08. The Morgan fingerprint density at radius 3 is 2.28 bits per heavy atom. The number of likely N-dealkylation sites (N-methyl/N-ethyl adjacent to an activating group) is 1. The number of piperidine rings is 1. The van der Waals surface area contributed by atoms with Gasteiger partial charge in [-0.1, -0.05) is 28.7 Å². The lowest BCUT2D eigenvalue weighted by molar-refractivity contribution is 0.0982. The van der Waals surface area contributed by atoms with Crippen LogP contribution >= 0.6 is 23.9 Å². The predicted molar refractivity (Wildman–Crippen MR) is 213 cm³/mol. The van der Waals surface area contributed by atoms with E-state index in [4.69, 9.17) is 9.72 Å². The Labute approximate surface area is 307 Å². The molecule has 2 aromatic carbocycles. The monoisotopic (exact) mass is 759 g/mol. The Morgan fingerprint density at radius 2 is 1.64 bits per heavy atom. The molecule has 12 heteroatoms. The highest BCUT2D eigenvalue weighted by atomic mass is 79.9. The first-order valence-electron chi connectivity index (χ1n) is 17.7. The number of hydrogen-bond acceptors (Lipinski definition) is 10. The normalized spacial score (nSPS) is 16.3. The van der Waals surface area contributed by atoms with Crippen molar-refractivity contribution in [1.82, 2.24) is 29.7 Å². The molecule has 0 aliphatic carbocycles. The minimum atomic E-state index is -0.439. The molecule has 2 fully saturated rings. The van der Waals surface area contributed by atoms with Crippen molar-refractivity contribution >= 4 is 58.0 Å². The maximum Gasteiger partial charge on any atom is 0.229 e. The third-order valence-electron chi connectivity index (χ3n) is 9.96. The summed E-state index contributed by atoms with van der Waals surface area (Å²) in [4.78, 5) is 26.5. The van der Waals surface area contributed by atoms with Gasteiger partial charge in [-0.3, -0.25) is 4.90 Å². The fourth-order valence-electron chi connectivity index (χ4n) is 6.81. The topological polar surface area (TPSA) is 94.6 Å². The fraction of sp³-hybridized carbons (Fsp3) is 0.474. The summed E-state index contributed by atoms with van der Waals surface area (Å²) in [6.07, 6.45) is 8.94. The minimum Gasteiger partial charge on any atom is -0.494 e. The number of nitrogens with one attached hydrogen (secondary N) is 2. The van der Waals surface area contributed by atoms with Gasteiger partial charge in [0, 0.05) is 86.9 Å². The minimum absolute atomic E-state index is 0.394. The highest BCUT2D eigenvalue weighted by Gasteiger charge is 2.28. The van der Waals surface area contributed by atoms with Gasteiger partial charge in [-0.05, 0) is 102 Å². The van der Waals surface area contributed by atoms with E-state index in [0.29, 0.717) is 23.7 Å². The number of rotatable bonds is 11. The standard InChI is InChI=1S/C38H51BrN9OP/c1-8-26-19-32(34(49-5)21-33(26)48-13-11-29(12-14-48)47-17-15-46(4)16-18-47)44-38-42-24-30(39)37(45-38)43-31-10-9-27(20-35(31)50(6)7)36-40-22-28(23-41-36)25(2)3/h9-10,19-25,29H,8,11-18H2,1-7H3,(H2,42,43,44,45). The third kappa shape index (κ3) is 8.39. The van der Waals surface area contributed by atoms with Crippen LogP contribution < -0.4 is 25.6 Å². The van der Waals surface area contributed by atoms with Gasteiger partial charge in [0.25, 0.3) is 0 Å². The number of anilines is 5. The van der Waals surface area contributed by atoms with Crippen LogP contribution in [0.25, 0.3) is 11.4 Å². The van der Waals surface area contributed by atoms with Gasteiger partial charge < -0.3 is 25.2 Å². The van der Waals surface area contributed by atoms with Crippen molar-refractivity contribution in [3.63, 3.8) is 0 Å². The van der Waals surface area contributed by atoms with E-state index in [0.717, 1.165) is 58.1 Å². The summed E-state index contributed by atoms with van der Waals surface area (Å²) in [5, 5.41) is 8.26. The number of ether oxygens (including phenoxy) is 1. The molecule has 0 bridgehead atoms. The Bertz CT molecular complexity index is 1750. The molecule has 6 rings (SSSR count). The van der Waals surface area contributed by atoms with E-state index in [1.54, 1.807) is 13.3 Å². The van der Waals surface area contributed by atoms with Crippen molar-refractivity contribution in [1.29, 1.82) is 0 Å². The smallest absolute Gasteiger partial charge is 0.229 e. The average Bonchev–Trinajstić information content (AvgIpc) is 3.13. The lowest BCUT2D eigenvalue weighted by atomic mass is 9.99. The van der Waals surface area contributed by atoms with Gasteiger partial charge in [0.15, 0.2) is 5.82 Å². The first-order chi connectivity index (χ1) is 24.1. The van der Waals surface area contributed by atoms with Crippen LogP contribution in [0.15, 0.2) is 53.4 Å². The highest BCUT2D eigenvalue weighted by molar-refractivity contribution is 9.10. The largest absolute Gasteiger partial charge is 0.494 e. The second-order valence-electron chi connectivity index (χ2n) is 13.9. The van der Waals surface area contributed by atoms with Crippen molar-refractivity contribution in [3.05, 3.63) is 64.5 Å². The van der Waals surface area contributed by atoms with Crippen molar-refractivity contribution in [2.24, 2.45) is 0 Å². The summed E-state index contributed by atoms with van der Waals surface area (Å²) in [6, 6.07) is 11.4. The molecule has 266 valence electrons. The molecule has 2 N–H and O–H groups in total. The molecule has 0 amide bonds. The van der Waals surface area contributed by atoms with Crippen molar-refractivity contribution in [2.75, 3.05) is 82.3 Å². The van der Waals surface area contributed by atoms with E-state index in [1.165, 1.54) is 55.6 Å². The van der Waals surface area contributed by atoms with Crippen LogP contribution in [0.2, 0.25) is 0 Å². The van der Waals surface area contributed by atoms with Crippen molar-refractivity contribution in [3.8, 4) is 17.1 Å². The van der Waals surface area contributed by atoms with Crippen LogP contribution in [-0.2, 0) is 6.42 Å². The SMILES string of the molecule is CCc1cc(Nc2ncc(Br)c(Nc3ccc(-c4ncc(C(C)C)cn4)cc3P(C)C)n2)c(OC)cc1N1CCC(N2CCN(C)CC2)CC1. The van der Waals surface area contributed by atoms with Gasteiger partial charge in [-0.15, -0.1) is 0 Å². The van der Waals surface area contributed by atoms with Crippen molar-refractivity contribution < 1.29 is 4.74 Å². The molecule has 0 radical (unpaired) electrons. The molecule has 0 saturated carbocycles. The Morgan fingerprint density at radius 1 is 0.920 bits per heavy atom. The number of hydrogen-bond donors (Lipinski definition) is 2. The number of aromatic nitrogens is 4. The van der Waals surface area contributed by atoms with Crippen LogP contribution in [0, 0.1) is 0 Å². The molecular weight excluding hydrogens is 709 g/mol. The van der Waals surface area contributed by atoms with Gasteiger partial charge in [0.1, 0.15) is 11.6 Å². The average molecular weight is 761 g/mol. The van der Waals surface area contributed by atoms with Gasteiger partial charge >= 0.3 is 0 Å². The van der Waals surface area contributed by atoms with Crippen LogP contribution in [-0.4, -0.2) is 103 Å². The van der Waals surface area contributed by atoms with E-state index in [-0.39, 0.29) is 0 Å². The van der Waals surface area contributed by atoms with Gasteiger partial charge in [-0.25, -0.2) is 15.0 Å². The summed E-state index contributed by atoms with van der Waals surface area (Å²) < 4.78 is 6.72. The lowest BCUT2D eigenvalue weighted by Gasteiger charge is -2.43. The Balaban J connectivity index is 1.19. The molecule has 2 aliphatic rings. The van der Waals surface area contributed by atoms with Gasteiger partial charge in [0.05, 0.1) is 17.3 Å². The molecular formula is C38H51BrN9OP. The summed E-state index contributed by atoms with van der Waals surface area (Å²) in [5.41, 5.74) is 6.54. The number of nitrogens with zero attached hydrogens (tertiary/aromatic N) is 7. The zero-order valence-corrected chi connectivity index (χ0v) is 33.0. The number of piperazine rings is 1. The van der Waals surface area contributed by atoms with E-state index < -0.39 is 7.92 Å². The second kappa shape index (κ2) is 16.3. The van der Waals surface area contributed by atoms with E-state index in [9.17, 15) is 0 Å². The molecule has 2 saturated heterocycles. The number of aryl methyl sites for hydroxylation is 1. The zero-order valence-electron chi connectivity index (χ0n) is 30.5. The molecule has 0 atom stereocenters. The van der Waals surface area contributed by atoms with E-state index in [1.807, 2.05) is 12.4 Å². The molecule has 0 spiro atoms. The highest BCUT2D eigenvalue weighted by Crippen LogP contribution is 2.38. The molecule has 4 heterocycles. The second-order valence-corrected chi connectivity index (χ2v) is 17.0. The fourth-order valence-corrected chi connectivity index (χ4v) is 8.11. The third-order valence-corrected chi connectivity index (χ3v) is 11.9. The summed E-state index contributed by atoms with van der Waals surface area (Å²) >= 11 is 3.68. The van der Waals surface area contributed by atoms with Crippen molar-refractivity contribution in [2.45, 2.75) is 52.0 Å². The Hall–Kier alpha value is -3.37. The molecule has 0 unspecified atom stereocenters. The molecule has 2 aliphatic heterocycles. The maximum absolute atomic E-state index is 5.94. The molecule has 50 heavy (non-hydrogen) atoms. The number of methoxy groups -OCH3 is 1. The predicted octanol–water partition coefficient (Wildman–Crippen LogP) is 7.46. The van der Waals surface area contributed by atoms with Gasteiger partial charge in [-0.2, -0.15) is 4.98 Å². The van der Waals surface area contributed by atoms with Crippen LogP contribution in [0.4, 0.5) is 28.8 Å². The number of halogens is 1. The lowest BCUT2D eigenvalue weighted by Crippen LogP contribution is -2.52. The summed E-state index contributed by atoms with van der Waals surface area (Å²) in [7, 11) is 3.52. The quantitative estimate of drug-likeness (QED) is 0.150. The molecule has 10 nitrogen and oxygen atoms in total. The Kier molecular flexibility index (Phi) is 11.9. The van der Waals surface area contributed by atoms with Gasteiger partial charge in [0.2, 0.25) is 5.95 Å². The first-order valence-corrected chi connectivity index (χ1v) is 20.7. The zero-order chi connectivity index (χ0) is 35.4. The number of benzene rings is 2. The summed E-state index contributed by atoms with van der Waals surface area (Å²) in [6.45, 7) is 17.8. The van der Waals surface area contributed by atoms with E-state index >= 15 is 0 Å². The molecule has 2 aromatic heterocycles. The van der Waals surface area contributed by atoms with Crippen LogP contribution in [0.1, 0.15) is 50.7 Å². The first kappa shape index (κ1) is 36.4. The maximum atomic E-state index is 5.94. The van der Waals surface area contributed by atoms with Crippen LogP contribution in [0.5, 0.6) is 5.75 Å².